The van der Waals surface area contributed by atoms with Crippen LogP contribution >= 0.6 is 0 Å². The van der Waals surface area contributed by atoms with Gasteiger partial charge in [-0.05, 0) is 46.4 Å². The predicted octanol–water partition coefficient (Wildman–Crippen LogP) is 3.17. The molecule has 1 N–H and O–H groups in total. The lowest BCUT2D eigenvalue weighted by Gasteiger charge is -2.26. The molecule has 0 aromatic carbocycles. The largest absolute Gasteiger partial charge is 0.473 e. The number of aliphatic hydroxyl groups is 1. The number of aliphatic hydroxyl groups excluding tert-OH is 1. The molecule has 4 aromatic heterocycles. The van der Waals surface area contributed by atoms with Gasteiger partial charge >= 0.3 is 0 Å². The van der Waals surface area contributed by atoms with Gasteiger partial charge < -0.3 is 14.6 Å². The molecule has 12 heteroatoms. The first-order valence-electron chi connectivity index (χ1n) is 13.4. The van der Waals surface area contributed by atoms with Crippen molar-refractivity contribution in [3.8, 4) is 29.1 Å². The number of nitrogens with zero attached hydrogens (tertiary/aromatic N) is 9. The number of aryl methyl sites for hydroxylation is 3. The number of likely N-dealkylation sites (N-methyl/N-ethyl adjacent to an activating group) is 1. The molecular formula is C28H35N9O3. The zero-order valence-electron chi connectivity index (χ0n) is 23.8. The molecule has 0 aliphatic carbocycles. The SMILES string of the molecule is CCN1Cc2c(c(OCC#N)nn2[C@@H](C)CO)/C=C/c2ncc3c(C)nc(cn23)-c2c(C)nn(C)c2OC(C)C1. The maximum atomic E-state index is 10.0. The van der Waals surface area contributed by atoms with Crippen molar-refractivity contribution >= 4 is 17.7 Å². The Morgan fingerprint density at radius 3 is 2.77 bits per heavy atom. The second-order valence-electron chi connectivity index (χ2n) is 10.2. The monoisotopic (exact) mass is 545 g/mol. The molecule has 0 saturated carbocycles. The van der Waals surface area contributed by atoms with E-state index >= 15 is 0 Å². The van der Waals surface area contributed by atoms with Gasteiger partial charge in [0.1, 0.15) is 18.0 Å². The molecule has 12 nitrogen and oxygen atoms in total. The minimum absolute atomic E-state index is 0.0935. The maximum absolute atomic E-state index is 10.0. The van der Waals surface area contributed by atoms with E-state index in [9.17, 15) is 10.4 Å². The number of hydrogen-bond donors (Lipinski definition) is 1. The quantitative estimate of drug-likeness (QED) is 0.402. The van der Waals surface area contributed by atoms with Crippen LogP contribution in [0, 0.1) is 25.2 Å². The van der Waals surface area contributed by atoms with Gasteiger partial charge in [0, 0.05) is 26.3 Å². The molecule has 1 unspecified atom stereocenters. The molecule has 0 radical (unpaired) electrons. The second-order valence-corrected chi connectivity index (χ2v) is 10.2. The molecule has 0 spiro atoms. The summed E-state index contributed by atoms with van der Waals surface area (Å²) in [5.41, 5.74) is 5.74. The van der Waals surface area contributed by atoms with Crippen molar-refractivity contribution in [2.75, 3.05) is 26.3 Å². The van der Waals surface area contributed by atoms with Gasteiger partial charge in [0.25, 0.3) is 0 Å². The van der Waals surface area contributed by atoms with Crippen LogP contribution in [0.25, 0.3) is 28.9 Å². The minimum atomic E-state index is -0.292. The summed E-state index contributed by atoms with van der Waals surface area (Å²) in [5.74, 6) is 1.69. The summed E-state index contributed by atoms with van der Waals surface area (Å²) >= 11 is 0. The topological polar surface area (TPSA) is 132 Å². The van der Waals surface area contributed by atoms with Gasteiger partial charge in [0.05, 0.1) is 58.3 Å². The van der Waals surface area contributed by atoms with E-state index in [4.69, 9.17) is 14.5 Å². The average molecular weight is 546 g/mol. The van der Waals surface area contributed by atoms with Crippen molar-refractivity contribution in [3.63, 3.8) is 0 Å². The fourth-order valence-corrected chi connectivity index (χ4v) is 5.18. The van der Waals surface area contributed by atoms with Crippen LogP contribution in [0.15, 0.2) is 12.4 Å². The van der Waals surface area contributed by atoms with Crippen LogP contribution in [-0.4, -0.2) is 76.3 Å². The molecule has 210 valence electrons. The van der Waals surface area contributed by atoms with Crippen molar-refractivity contribution in [3.05, 3.63) is 40.9 Å². The number of ether oxygens (including phenoxy) is 2. The number of hydrogen-bond acceptors (Lipinski definition) is 9. The van der Waals surface area contributed by atoms with E-state index in [-0.39, 0.29) is 25.4 Å². The minimum Gasteiger partial charge on any atom is -0.473 e. The van der Waals surface area contributed by atoms with Gasteiger partial charge in [-0.25, -0.2) is 14.6 Å². The third-order valence-corrected chi connectivity index (χ3v) is 7.18. The first-order valence-corrected chi connectivity index (χ1v) is 13.4. The highest BCUT2D eigenvalue weighted by Gasteiger charge is 2.26. The molecule has 0 amide bonds. The summed E-state index contributed by atoms with van der Waals surface area (Å²) in [4.78, 5) is 11.8. The lowest BCUT2D eigenvalue weighted by molar-refractivity contribution is 0.132. The van der Waals surface area contributed by atoms with Gasteiger partial charge in [0.15, 0.2) is 6.61 Å². The average Bonchev–Trinajstić information content (AvgIpc) is 3.58. The summed E-state index contributed by atoms with van der Waals surface area (Å²) in [6, 6.07) is 1.73. The Labute approximate surface area is 233 Å². The second kappa shape index (κ2) is 11.1. The van der Waals surface area contributed by atoms with Crippen LogP contribution in [0.2, 0.25) is 0 Å². The molecule has 2 atom stereocenters. The van der Waals surface area contributed by atoms with E-state index in [0.717, 1.165) is 46.0 Å². The van der Waals surface area contributed by atoms with Crippen molar-refractivity contribution < 1.29 is 14.6 Å². The van der Waals surface area contributed by atoms with E-state index in [1.54, 1.807) is 15.6 Å². The first-order chi connectivity index (χ1) is 19.2. The van der Waals surface area contributed by atoms with Gasteiger partial charge in [-0.15, -0.1) is 5.10 Å². The lowest BCUT2D eigenvalue weighted by Crippen LogP contribution is -2.35. The molecule has 2 bridgehead atoms. The number of imidazole rings is 1. The van der Waals surface area contributed by atoms with E-state index in [0.29, 0.717) is 30.7 Å². The highest BCUT2D eigenvalue weighted by Crippen LogP contribution is 2.34. The van der Waals surface area contributed by atoms with Gasteiger partial charge in [-0.2, -0.15) is 10.4 Å². The van der Waals surface area contributed by atoms with Crippen molar-refractivity contribution in [2.24, 2.45) is 7.05 Å². The molecule has 40 heavy (non-hydrogen) atoms. The van der Waals surface area contributed by atoms with Crippen LogP contribution < -0.4 is 9.47 Å². The third kappa shape index (κ3) is 4.94. The summed E-state index contributed by atoms with van der Waals surface area (Å²) in [5, 5.41) is 28.5. The van der Waals surface area contributed by atoms with Gasteiger partial charge in [-0.3, -0.25) is 14.0 Å². The van der Waals surface area contributed by atoms with Crippen LogP contribution in [0.4, 0.5) is 0 Å². The van der Waals surface area contributed by atoms with Crippen LogP contribution in [-0.2, 0) is 13.6 Å². The Bertz CT molecular complexity index is 1610. The number of fused-ring (bicyclic) bond motifs is 4. The third-order valence-electron chi connectivity index (χ3n) is 7.18. The van der Waals surface area contributed by atoms with E-state index in [1.807, 2.05) is 63.6 Å². The maximum Gasteiger partial charge on any atom is 0.241 e. The molecule has 1 aliphatic rings. The molecule has 5 rings (SSSR count). The fourth-order valence-electron chi connectivity index (χ4n) is 5.18. The van der Waals surface area contributed by atoms with Crippen LogP contribution in [0.3, 0.4) is 0 Å². The summed E-state index contributed by atoms with van der Waals surface area (Å²) < 4.78 is 17.9. The zero-order valence-corrected chi connectivity index (χ0v) is 23.8. The molecule has 1 aliphatic heterocycles. The summed E-state index contributed by atoms with van der Waals surface area (Å²) in [6.07, 6.45) is 7.42. The van der Waals surface area contributed by atoms with Crippen LogP contribution in [0.1, 0.15) is 55.3 Å². The van der Waals surface area contributed by atoms with Gasteiger partial charge in [0.2, 0.25) is 11.8 Å². The Hall–Kier alpha value is -4.21. The highest BCUT2D eigenvalue weighted by atomic mass is 16.5. The van der Waals surface area contributed by atoms with Gasteiger partial charge in [-0.1, -0.05) is 6.92 Å². The molecular weight excluding hydrogens is 510 g/mol. The molecule has 4 aromatic rings. The Morgan fingerprint density at radius 1 is 1.25 bits per heavy atom. The first kappa shape index (κ1) is 27.4. The smallest absolute Gasteiger partial charge is 0.241 e. The van der Waals surface area contributed by atoms with E-state index in [1.165, 1.54) is 0 Å². The Balaban J connectivity index is 1.75. The number of nitriles is 1. The number of rotatable bonds is 5. The lowest BCUT2D eigenvalue weighted by atomic mass is 10.1. The number of aromatic nitrogens is 7. The Morgan fingerprint density at radius 2 is 2.05 bits per heavy atom. The predicted molar refractivity (Wildman–Crippen MR) is 150 cm³/mol. The highest BCUT2D eigenvalue weighted by molar-refractivity contribution is 5.74. The zero-order chi connectivity index (χ0) is 28.6. The van der Waals surface area contributed by atoms with E-state index < -0.39 is 0 Å². The van der Waals surface area contributed by atoms with Crippen molar-refractivity contribution in [1.82, 2.24) is 38.8 Å². The van der Waals surface area contributed by atoms with Crippen molar-refractivity contribution in [2.45, 2.75) is 53.3 Å². The molecule has 0 saturated heterocycles. The fraction of sp³-hybridized carbons (Fsp3) is 0.464. The van der Waals surface area contributed by atoms with E-state index in [2.05, 4.69) is 27.0 Å². The normalized spacial score (nSPS) is 17.4. The molecule has 0 fully saturated rings. The molecule has 5 heterocycles. The Kier molecular flexibility index (Phi) is 7.60. The summed E-state index contributed by atoms with van der Waals surface area (Å²) in [6.45, 7) is 11.6. The summed E-state index contributed by atoms with van der Waals surface area (Å²) in [7, 11) is 1.88. The standard InChI is InChI=1S/C28H35N9O3/c1-7-35-13-18(3)40-28-26(20(5)32-34(28)6)22-14-36-23(19(4)31-22)12-30-25(36)9-8-21-24(15-35)37(17(2)16-38)33-27(21)39-11-10-29/h8-9,12,14,17-18,38H,7,11,13,15-16H2,1-6H3/b9-8+/t17-,18?/m0/s1. The van der Waals surface area contributed by atoms with Crippen LogP contribution in [0.5, 0.6) is 11.8 Å². The van der Waals surface area contributed by atoms with Crippen molar-refractivity contribution in [1.29, 1.82) is 5.26 Å².